The lowest BCUT2D eigenvalue weighted by atomic mass is 10.1. The summed E-state index contributed by atoms with van der Waals surface area (Å²) in [6.07, 6.45) is 1.57. The van der Waals surface area contributed by atoms with Gasteiger partial charge in [-0.25, -0.2) is 0 Å². The lowest BCUT2D eigenvalue weighted by molar-refractivity contribution is 0.0824. The van der Waals surface area contributed by atoms with E-state index < -0.39 is 0 Å². The lowest BCUT2D eigenvalue weighted by Crippen LogP contribution is -2.21. The maximum absolute atomic E-state index is 11.8. The summed E-state index contributed by atoms with van der Waals surface area (Å²) >= 11 is 0. The molecule has 0 radical (unpaired) electrons. The first-order chi connectivity index (χ1) is 8.09. The van der Waals surface area contributed by atoms with Gasteiger partial charge in [0, 0.05) is 19.7 Å². The van der Waals surface area contributed by atoms with Gasteiger partial charge >= 0.3 is 0 Å². The Morgan fingerprint density at radius 1 is 1.29 bits per heavy atom. The molecular weight excluding hydrogens is 218 g/mol. The van der Waals surface area contributed by atoms with Crippen molar-refractivity contribution in [2.45, 2.75) is 0 Å². The molecule has 2 aromatic rings. The molecule has 0 aliphatic carbocycles. The fourth-order valence-electron chi connectivity index (χ4n) is 1.54. The van der Waals surface area contributed by atoms with Crippen LogP contribution in [0.5, 0.6) is 5.75 Å². The average Bonchev–Trinajstić information content (AvgIpc) is 2.82. The highest BCUT2D eigenvalue weighted by Crippen LogP contribution is 2.26. The Bertz CT molecular complexity index is 530. The second kappa shape index (κ2) is 4.33. The van der Waals surface area contributed by atoms with E-state index in [1.54, 1.807) is 44.6 Å². The van der Waals surface area contributed by atoms with E-state index in [1.165, 1.54) is 11.0 Å². The number of carbonyl (C=O) groups excluding carboxylic acids is 1. The van der Waals surface area contributed by atoms with E-state index in [4.69, 9.17) is 4.42 Å². The fourth-order valence-corrected chi connectivity index (χ4v) is 1.54. The Morgan fingerprint density at radius 2 is 2.06 bits per heavy atom. The molecule has 0 spiro atoms. The fraction of sp³-hybridized carbons (Fsp3) is 0.154. The summed E-state index contributed by atoms with van der Waals surface area (Å²) in [5, 5.41) is 9.67. The van der Waals surface area contributed by atoms with Gasteiger partial charge in [-0.2, -0.15) is 0 Å². The van der Waals surface area contributed by atoms with Gasteiger partial charge in [0.15, 0.2) is 0 Å². The van der Waals surface area contributed by atoms with Crippen LogP contribution in [-0.4, -0.2) is 30.0 Å². The van der Waals surface area contributed by atoms with Crippen molar-refractivity contribution in [1.29, 1.82) is 0 Å². The Labute approximate surface area is 99.1 Å². The molecule has 0 unspecified atom stereocenters. The SMILES string of the molecule is CN(C)C(=O)c1cc(-c2ccco2)ccc1O. The van der Waals surface area contributed by atoms with E-state index in [-0.39, 0.29) is 17.2 Å². The van der Waals surface area contributed by atoms with Crippen LogP contribution in [0.3, 0.4) is 0 Å². The van der Waals surface area contributed by atoms with Gasteiger partial charge in [-0.05, 0) is 30.3 Å². The van der Waals surface area contributed by atoms with Crippen molar-refractivity contribution < 1.29 is 14.3 Å². The van der Waals surface area contributed by atoms with Crippen molar-refractivity contribution in [1.82, 2.24) is 4.90 Å². The molecule has 0 aliphatic rings. The maximum Gasteiger partial charge on any atom is 0.257 e. The molecule has 1 N–H and O–H groups in total. The molecule has 2 rings (SSSR count). The van der Waals surface area contributed by atoms with Crippen LogP contribution in [0.4, 0.5) is 0 Å². The minimum absolute atomic E-state index is 0.0287. The molecule has 0 fully saturated rings. The highest BCUT2D eigenvalue weighted by molar-refractivity contribution is 5.97. The lowest BCUT2D eigenvalue weighted by Gasteiger charge is -2.12. The minimum atomic E-state index is -0.240. The van der Waals surface area contributed by atoms with E-state index in [2.05, 4.69) is 0 Å². The van der Waals surface area contributed by atoms with Gasteiger partial charge < -0.3 is 14.4 Å². The molecule has 1 heterocycles. The monoisotopic (exact) mass is 231 g/mol. The van der Waals surface area contributed by atoms with Crippen LogP contribution in [0.25, 0.3) is 11.3 Å². The van der Waals surface area contributed by atoms with Gasteiger partial charge in [0.2, 0.25) is 0 Å². The van der Waals surface area contributed by atoms with Crippen molar-refractivity contribution in [2.24, 2.45) is 0 Å². The van der Waals surface area contributed by atoms with Gasteiger partial charge in [0.1, 0.15) is 11.5 Å². The standard InChI is InChI=1S/C13H13NO3/c1-14(2)13(16)10-8-9(5-6-11(10)15)12-4-3-7-17-12/h3-8,15H,1-2H3. The van der Waals surface area contributed by atoms with Crippen molar-refractivity contribution in [3.63, 3.8) is 0 Å². The molecule has 1 aromatic heterocycles. The van der Waals surface area contributed by atoms with E-state index in [1.807, 2.05) is 0 Å². The second-order valence-electron chi connectivity index (χ2n) is 3.91. The number of furan rings is 1. The Balaban J connectivity index is 2.47. The van der Waals surface area contributed by atoms with Crippen LogP contribution in [-0.2, 0) is 0 Å². The van der Waals surface area contributed by atoms with Crippen LogP contribution in [0.1, 0.15) is 10.4 Å². The van der Waals surface area contributed by atoms with Crippen LogP contribution in [0.15, 0.2) is 41.0 Å². The number of rotatable bonds is 2. The minimum Gasteiger partial charge on any atom is -0.507 e. The number of aromatic hydroxyl groups is 1. The van der Waals surface area contributed by atoms with E-state index in [0.29, 0.717) is 5.76 Å². The first-order valence-electron chi connectivity index (χ1n) is 5.18. The summed E-state index contributed by atoms with van der Waals surface area (Å²) in [7, 11) is 3.28. The van der Waals surface area contributed by atoms with Crippen LogP contribution in [0.2, 0.25) is 0 Å². The number of hydrogen-bond donors (Lipinski definition) is 1. The Morgan fingerprint density at radius 3 is 2.65 bits per heavy atom. The molecule has 88 valence electrons. The number of nitrogens with zero attached hydrogens (tertiary/aromatic N) is 1. The molecule has 0 aliphatic heterocycles. The number of benzene rings is 1. The van der Waals surface area contributed by atoms with Gasteiger partial charge in [-0.1, -0.05) is 0 Å². The van der Waals surface area contributed by atoms with Gasteiger partial charge in [0.05, 0.1) is 11.8 Å². The summed E-state index contributed by atoms with van der Waals surface area (Å²) in [4.78, 5) is 13.2. The maximum atomic E-state index is 11.8. The van der Waals surface area contributed by atoms with Crippen molar-refractivity contribution >= 4 is 5.91 Å². The van der Waals surface area contributed by atoms with E-state index in [9.17, 15) is 9.90 Å². The molecule has 0 saturated carbocycles. The highest BCUT2D eigenvalue weighted by Gasteiger charge is 2.14. The molecule has 4 nitrogen and oxygen atoms in total. The number of phenolic OH excluding ortho intramolecular Hbond substituents is 1. The Kier molecular flexibility index (Phi) is 2.87. The number of carbonyl (C=O) groups is 1. The summed E-state index contributed by atoms with van der Waals surface area (Å²) in [6.45, 7) is 0. The molecule has 0 bridgehead atoms. The second-order valence-corrected chi connectivity index (χ2v) is 3.91. The summed E-state index contributed by atoms with van der Waals surface area (Å²) in [5.74, 6) is 0.396. The largest absolute Gasteiger partial charge is 0.507 e. The van der Waals surface area contributed by atoms with Gasteiger partial charge in [-0.15, -0.1) is 0 Å². The summed E-state index contributed by atoms with van der Waals surface area (Å²) in [5.41, 5.74) is 1.03. The van der Waals surface area contributed by atoms with Crippen molar-refractivity contribution in [3.05, 3.63) is 42.2 Å². The zero-order chi connectivity index (χ0) is 12.4. The molecule has 0 saturated heterocycles. The summed E-state index contributed by atoms with van der Waals surface area (Å²) < 4.78 is 5.25. The number of phenols is 1. The summed E-state index contributed by atoms with van der Waals surface area (Å²) in [6, 6.07) is 8.40. The molecule has 1 aromatic carbocycles. The molecular formula is C13H13NO3. The first-order valence-corrected chi connectivity index (χ1v) is 5.18. The third-order valence-corrected chi connectivity index (χ3v) is 2.44. The zero-order valence-electron chi connectivity index (χ0n) is 9.68. The van der Waals surface area contributed by atoms with Gasteiger partial charge in [0.25, 0.3) is 5.91 Å². The smallest absolute Gasteiger partial charge is 0.257 e. The third-order valence-electron chi connectivity index (χ3n) is 2.44. The topological polar surface area (TPSA) is 53.7 Å². The van der Waals surface area contributed by atoms with Crippen LogP contribution >= 0.6 is 0 Å². The van der Waals surface area contributed by atoms with Crippen molar-refractivity contribution in [3.8, 4) is 17.1 Å². The van der Waals surface area contributed by atoms with E-state index >= 15 is 0 Å². The molecule has 17 heavy (non-hydrogen) atoms. The van der Waals surface area contributed by atoms with Crippen molar-refractivity contribution in [2.75, 3.05) is 14.1 Å². The predicted molar refractivity (Wildman–Crippen MR) is 63.8 cm³/mol. The van der Waals surface area contributed by atoms with Gasteiger partial charge in [-0.3, -0.25) is 4.79 Å². The third kappa shape index (κ3) is 2.15. The highest BCUT2D eigenvalue weighted by atomic mass is 16.3. The number of hydrogen-bond acceptors (Lipinski definition) is 3. The molecule has 1 amide bonds. The zero-order valence-corrected chi connectivity index (χ0v) is 9.68. The van der Waals surface area contributed by atoms with Crippen LogP contribution in [0, 0.1) is 0 Å². The molecule has 0 atom stereocenters. The first kappa shape index (κ1) is 11.3. The quantitative estimate of drug-likeness (QED) is 0.863. The normalized spacial score (nSPS) is 10.2. The van der Waals surface area contributed by atoms with E-state index in [0.717, 1.165) is 5.56 Å². The Hall–Kier alpha value is -2.23. The van der Waals surface area contributed by atoms with Crippen LogP contribution < -0.4 is 0 Å². The molecule has 4 heteroatoms. The average molecular weight is 231 g/mol. The number of amides is 1. The predicted octanol–water partition coefficient (Wildman–Crippen LogP) is 2.35.